The van der Waals surface area contributed by atoms with E-state index < -0.39 is 0 Å². The Morgan fingerprint density at radius 2 is 2.08 bits per heavy atom. The topological polar surface area (TPSA) is 35.1 Å². The summed E-state index contributed by atoms with van der Waals surface area (Å²) in [7, 11) is 0. The molecule has 7 heteroatoms. The van der Waals surface area contributed by atoms with Gasteiger partial charge in [0.1, 0.15) is 0 Å². The lowest BCUT2D eigenvalue weighted by molar-refractivity contribution is 0.559. The van der Waals surface area contributed by atoms with Crippen LogP contribution in [-0.2, 0) is 13.1 Å². The quantitative estimate of drug-likeness (QED) is 0.423. The van der Waals surface area contributed by atoms with Gasteiger partial charge in [-0.1, -0.05) is 23.7 Å². The molecule has 3 aromatic heterocycles. The van der Waals surface area contributed by atoms with Crippen molar-refractivity contribution in [2.75, 3.05) is 0 Å². The van der Waals surface area contributed by atoms with Crippen molar-refractivity contribution >= 4 is 40.0 Å². The zero-order valence-corrected chi connectivity index (χ0v) is 16.3. The Morgan fingerprint density at radius 1 is 1.12 bits per heavy atom. The molecule has 4 aromatic rings. The van der Waals surface area contributed by atoms with Crippen LogP contribution in [0, 0.1) is 0 Å². The van der Waals surface area contributed by atoms with Crippen LogP contribution in [0.2, 0.25) is 5.02 Å². The van der Waals surface area contributed by atoms with Crippen LogP contribution in [0.1, 0.15) is 6.42 Å². The van der Waals surface area contributed by atoms with E-state index in [-0.39, 0.29) is 0 Å². The fraction of sp³-hybridized carbons (Fsp3) is 0.158. The number of hydrogen-bond acceptors (Lipinski definition) is 4. The van der Waals surface area contributed by atoms with Gasteiger partial charge in [0, 0.05) is 35.9 Å². The zero-order chi connectivity index (χ0) is 17.8. The first-order chi connectivity index (χ1) is 12.8. The second-order valence-electron chi connectivity index (χ2n) is 5.78. The number of imidazole rings is 1. The first kappa shape index (κ1) is 17.3. The van der Waals surface area contributed by atoms with E-state index in [4.69, 9.17) is 16.6 Å². The summed E-state index contributed by atoms with van der Waals surface area (Å²) in [6.07, 6.45) is 6.67. The Hall–Kier alpha value is -2.15. The maximum atomic E-state index is 6.11. The SMILES string of the molecule is Clc1cccc(N=c2scc(-c3cccs3)n2CCCn2ccnc2)c1. The Morgan fingerprint density at radius 3 is 2.85 bits per heavy atom. The minimum absolute atomic E-state index is 0.702. The Labute approximate surface area is 164 Å². The minimum Gasteiger partial charge on any atom is -0.337 e. The van der Waals surface area contributed by atoms with Crippen molar-refractivity contribution < 1.29 is 0 Å². The van der Waals surface area contributed by atoms with Crippen molar-refractivity contribution in [3.63, 3.8) is 0 Å². The molecule has 4 nitrogen and oxygen atoms in total. The van der Waals surface area contributed by atoms with Crippen LogP contribution in [-0.4, -0.2) is 14.1 Å². The third-order valence-corrected chi connectivity index (χ3v) is 5.95. The predicted molar refractivity (Wildman–Crippen MR) is 109 cm³/mol. The summed E-state index contributed by atoms with van der Waals surface area (Å²) in [6.45, 7) is 1.83. The van der Waals surface area contributed by atoms with Crippen LogP contribution in [0.25, 0.3) is 10.6 Å². The van der Waals surface area contributed by atoms with Crippen molar-refractivity contribution in [1.82, 2.24) is 14.1 Å². The molecule has 0 bridgehead atoms. The second-order valence-corrected chi connectivity index (χ2v) is 8.00. The molecule has 0 aliphatic heterocycles. The zero-order valence-electron chi connectivity index (χ0n) is 14.0. The first-order valence-corrected chi connectivity index (χ1v) is 10.4. The van der Waals surface area contributed by atoms with Gasteiger partial charge in [-0.05, 0) is 36.1 Å². The van der Waals surface area contributed by atoms with Gasteiger partial charge in [0.05, 0.1) is 22.6 Å². The van der Waals surface area contributed by atoms with Crippen LogP contribution < -0.4 is 4.80 Å². The summed E-state index contributed by atoms with van der Waals surface area (Å²) in [5.41, 5.74) is 2.09. The van der Waals surface area contributed by atoms with Gasteiger partial charge in [-0.2, -0.15) is 0 Å². The van der Waals surface area contributed by atoms with Crippen molar-refractivity contribution in [2.45, 2.75) is 19.5 Å². The average Bonchev–Trinajstić information content (AvgIpc) is 3.37. The van der Waals surface area contributed by atoms with Gasteiger partial charge in [-0.15, -0.1) is 22.7 Å². The first-order valence-electron chi connectivity index (χ1n) is 8.28. The molecule has 26 heavy (non-hydrogen) atoms. The normalized spacial score (nSPS) is 12.0. The molecule has 0 unspecified atom stereocenters. The second kappa shape index (κ2) is 8.03. The lowest BCUT2D eigenvalue weighted by Crippen LogP contribution is -2.16. The van der Waals surface area contributed by atoms with Crippen molar-refractivity contribution in [1.29, 1.82) is 0 Å². The van der Waals surface area contributed by atoms with Crippen molar-refractivity contribution in [3.05, 3.63) is 75.7 Å². The van der Waals surface area contributed by atoms with E-state index in [1.807, 2.05) is 43.0 Å². The molecule has 0 atom stereocenters. The van der Waals surface area contributed by atoms with E-state index in [1.54, 1.807) is 22.7 Å². The average molecular weight is 401 g/mol. The molecule has 0 fully saturated rings. The van der Waals surface area contributed by atoms with Crippen LogP contribution in [0.4, 0.5) is 5.69 Å². The molecule has 0 radical (unpaired) electrons. The summed E-state index contributed by atoms with van der Waals surface area (Å²) in [5.74, 6) is 0. The van der Waals surface area contributed by atoms with E-state index in [1.165, 1.54) is 10.6 Å². The molecule has 0 aliphatic rings. The number of benzene rings is 1. The highest BCUT2D eigenvalue weighted by molar-refractivity contribution is 7.14. The van der Waals surface area contributed by atoms with E-state index in [0.717, 1.165) is 30.0 Å². The van der Waals surface area contributed by atoms with Crippen LogP contribution >= 0.6 is 34.3 Å². The molecule has 132 valence electrons. The van der Waals surface area contributed by atoms with Crippen molar-refractivity contribution in [3.8, 4) is 10.6 Å². The molecular weight excluding hydrogens is 384 g/mol. The van der Waals surface area contributed by atoms with Gasteiger partial charge in [-0.3, -0.25) is 0 Å². The lowest BCUT2D eigenvalue weighted by atomic mass is 10.3. The summed E-state index contributed by atoms with van der Waals surface area (Å²) < 4.78 is 4.40. The molecule has 0 saturated carbocycles. The van der Waals surface area contributed by atoms with E-state index in [0.29, 0.717) is 5.02 Å². The molecule has 0 saturated heterocycles. The number of aryl methyl sites for hydroxylation is 1. The van der Waals surface area contributed by atoms with Crippen LogP contribution in [0.15, 0.2) is 70.9 Å². The van der Waals surface area contributed by atoms with E-state index >= 15 is 0 Å². The van der Waals surface area contributed by atoms with Crippen LogP contribution in [0.3, 0.4) is 0 Å². The van der Waals surface area contributed by atoms with Gasteiger partial charge in [0.25, 0.3) is 0 Å². The number of thiazole rings is 1. The third-order valence-electron chi connectivity index (χ3n) is 3.96. The summed E-state index contributed by atoms with van der Waals surface area (Å²) >= 11 is 9.52. The van der Waals surface area contributed by atoms with Gasteiger partial charge in [0.15, 0.2) is 4.80 Å². The van der Waals surface area contributed by atoms with Crippen molar-refractivity contribution in [2.24, 2.45) is 4.99 Å². The molecule has 1 aromatic carbocycles. The number of rotatable bonds is 6. The largest absolute Gasteiger partial charge is 0.337 e. The number of thiophene rings is 1. The fourth-order valence-electron chi connectivity index (χ4n) is 2.74. The Kier molecular flexibility index (Phi) is 5.34. The number of aromatic nitrogens is 3. The molecule has 0 amide bonds. The van der Waals surface area contributed by atoms with Gasteiger partial charge >= 0.3 is 0 Å². The fourth-order valence-corrected chi connectivity index (χ4v) is 4.70. The molecule has 0 spiro atoms. The molecular formula is C19H17ClN4S2. The number of hydrogen-bond donors (Lipinski definition) is 0. The maximum absolute atomic E-state index is 6.11. The minimum atomic E-state index is 0.702. The highest BCUT2D eigenvalue weighted by Crippen LogP contribution is 2.26. The lowest BCUT2D eigenvalue weighted by Gasteiger charge is -2.08. The van der Waals surface area contributed by atoms with Gasteiger partial charge in [-0.25, -0.2) is 9.98 Å². The Balaban J connectivity index is 1.67. The highest BCUT2D eigenvalue weighted by Gasteiger charge is 2.09. The van der Waals surface area contributed by atoms with Gasteiger partial charge < -0.3 is 9.13 Å². The monoisotopic (exact) mass is 400 g/mol. The Bertz CT molecular complexity index is 1030. The highest BCUT2D eigenvalue weighted by atomic mass is 35.5. The summed E-state index contributed by atoms with van der Waals surface area (Å²) in [6, 6.07) is 11.9. The molecule has 3 heterocycles. The molecule has 4 rings (SSSR count). The third kappa shape index (κ3) is 3.98. The number of nitrogens with zero attached hydrogens (tertiary/aromatic N) is 4. The number of halogens is 1. The summed E-state index contributed by atoms with van der Waals surface area (Å²) in [4.78, 5) is 11.2. The van der Waals surface area contributed by atoms with E-state index in [2.05, 4.69) is 37.0 Å². The molecule has 0 N–H and O–H groups in total. The maximum Gasteiger partial charge on any atom is 0.190 e. The standard InChI is InChI=1S/C19H17ClN4S2/c20-15-4-1-5-16(12-15)22-19-24(9-3-8-23-10-7-21-14-23)17(13-26-19)18-6-2-11-25-18/h1-2,4-7,10-14H,3,8-9H2. The summed E-state index contributed by atoms with van der Waals surface area (Å²) in [5, 5.41) is 5.00. The smallest absolute Gasteiger partial charge is 0.190 e. The van der Waals surface area contributed by atoms with E-state index in [9.17, 15) is 0 Å². The molecule has 0 aliphatic carbocycles. The van der Waals surface area contributed by atoms with Gasteiger partial charge in [0.2, 0.25) is 0 Å². The van der Waals surface area contributed by atoms with Crippen LogP contribution in [0.5, 0.6) is 0 Å². The predicted octanol–water partition coefficient (Wildman–Crippen LogP) is 5.45.